The minimum atomic E-state index is -4.46. The van der Waals surface area contributed by atoms with Gasteiger partial charge in [-0.1, -0.05) is 54.6 Å². The van der Waals surface area contributed by atoms with Crippen LogP contribution in [0.15, 0.2) is 119 Å². The van der Waals surface area contributed by atoms with Gasteiger partial charge in [-0.25, -0.2) is 13.1 Å². The molecular weight excluding hydrogens is 715 g/mol. The van der Waals surface area contributed by atoms with Crippen LogP contribution in [-0.4, -0.2) is 79.4 Å². The molecule has 13 nitrogen and oxygen atoms in total. The Morgan fingerprint density at radius 1 is 0.906 bits per heavy atom. The molecule has 0 spiro atoms. The highest BCUT2D eigenvalue weighted by Crippen LogP contribution is 2.30. The largest absolute Gasteiger partial charge is 0.494 e. The summed E-state index contributed by atoms with van der Waals surface area (Å²) in [5, 5.41) is 23.0. The van der Waals surface area contributed by atoms with Crippen molar-refractivity contribution in [1.29, 1.82) is 0 Å². The van der Waals surface area contributed by atoms with Crippen molar-refractivity contribution in [3.8, 4) is 16.9 Å². The summed E-state index contributed by atoms with van der Waals surface area (Å²) in [6.07, 6.45) is 0. The van der Waals surface area contributed by atoms with Gasteiger partial charge in [0, 0.05) is 56.0 Å². The van der Waals surface area contributed by atoms with Gasteiger partial charge in [-0.05, 0) is 72.1 Å². The molecule has 0 atom stereocenters. The third-order valence-corrected chi connectivity index (χ3v) is 10.9. The number of piperazine rings is 1. The number of hydrogen-bond donors (Lipinski definition) is 2. The Balaban J connectivity index is 1.03. The lowest BCUT2D eigenvalue weighted by Gasteiger charge is -2.35. The lowest BCUT2D eigenvalue weighted by molar-refractivity contribution is -0.384. The first-order valence-corrected chi connectivity index (χ1v) is 19.6. The fourth-order valence-electron chi connectivity index (χ4n) is 5.93. The van der Waals surface area contributed by atoms with Crippen molar-refractivity contribution in [3.05, 3.63) is 131 Å². The summed E-state index contributed by atoms with van der Waals surface area (Å²) in [6, 6.07) is 32.7. The average molecular weight is 754 g/mol. The summed E-state index contributed by atoms with van der Waals surface area (Å²) in [5.74, 6) is 1.04. The molecule has 4 aromatic carbocycles. The number of amides is 1. The van der Waals surface area contributed by atoms with Gasteiger partial charge in [0.05, 0.1) is 16.4 Å². The van der Waals surface area contributed by atoms with Crippen LogP contribution in [0.2, 0.25) is 0 Å². The highest BCUT2D eigenvalue weighted by atomic mass is 32.2. The van der Waals surface area contributed by atoms with Gasteiger partial charge in [0.1, 0.15) is 11.4 Å². The van der Waals surface area contributed by atoms with E-state index in [1.807, 2.05) is 66.2 Å². The number of ether oxygens (including phenoxy) is 1. The number of hydrogen-bond acceptors (Lipinski definition) is 12. The molecule has 1 amide bonds. The monoisotopic (exact) mass is 753 g/mol. The molecule has 53 heavy (non-hydrogen) atoms. The Hall–Kier alpha value is -5.51. The van der Waals surface area contributed by atoms with Crippen molar-refractivity contribution < 1.29 is 22.9 Å². The van der Waals surface area contributed by atoms with E-state index in [0.717, 1.165) is 47.5 Å². The van der Waals surface area contributed by atoms with E-state index < -0.39 is 31.4 Å². The van der Waals surface area contributed by atoms with Crippen LogP contribution >= 0.6 is 11.8 Å². The average Bonchev–Trinajstić information content (AvgIpc) is 3.17. The SMILES string of the molecule is CCOc1cccc(-c2ccccc2CN2CCN(c3ccc(C(=O)NS(=O)(=O)c4ccc(NCCSc5ccccc5)c([N+](=O)[O-])c4)nn3)CC2)c1. The first kappa shape index (κ1) is 37.3. The minimum Gasteiger partial charge on any atom is -0.494 e. The lowest BCUT2D eigenvalue weighted by Crippen LogP contribution is -2.46. The molecule has 15 heteroatoms. The number of carbonyl (C=O) groups is 1. The maximum Gasteiger partial charge on any atom is 0.293 e. The van der Waals surface area contributed by atoms with Gasteiger partial charge in [0.25, 0.3) is 21.6 Å². The van der Waals surface area contributed by atoms with E-state index in [2.05, 4.69) is 49.6 Å². The molecule has 0 aliphatic carbocycles. The minimum absolute atomic E-state index is 0.171. The Kier molecular flexibility index (Phi) is 12.2. The van der Waals surface area contributed by atoms with Gasteiger partial charge in [0.2, 0.25) is 0 Å². The molecule has 1 fully saturated rings. The van der Waals surface area contributed by atoms with Crippen molar-refractivity contribution >= 4 is 44.9 Å². The number of aromatic nitrogens is 2. The first-order valence-electron chi connectivity index (χ1n) is 17.1. The molecule has 0 saturated carbocycles. The second-order valence-electron chi connectivity index (χ2n) is 12.1. The van der Waals surface area contributed by atoms with E-state index in [-0.39, 0.29) is 11.4 Å². The number of nitrogens with one attached hydrogen (secondary N) is 2. The van der Waals surface area contributed by atoms with Gasteiger partial charge >= 0.3 is 0 Å². The third-order valence-electron chi connectivity index (χ3n) is 8.58. The van der Waals surface area contributed by atoms with Crippen molar-refractivity contribution in [2.75, 3.05) is 55.3 Å². The molecule has 0 radical (unpaired) electrons. The molecule has 2 heterocycles. The second kappa shape index (κ2) is 17.3. The summed E-state index contributed by atoms with van der Waals surface area (Å²) in [7, 11) is -4.46. The van der Waals surface area contributed by atoms with Crippen LogP contribution in [-0.2, 0) is 16.6 Å². The molecule has 1 aliphatic heterocycles. The molecule has 0 bridgehead atoms. The van der Waals surface area contributed by atoms with Gasteiger partial charge in [-0.2, -0.15) is 0 Å². The Labute approximate surface area is 312 Å². The molecule has 274 valence electrons. The highest BCUT2D eigenvalue weighted by molar-refractivity contribution is 7.99. The van der Waals surface area contributed by atoms with E-state index in [9.17, 15) is 23.3 Å². The van der Waals surface area contributed by atoms with E-state index in [0.29, 0.717) is 37.8 Å². The highest BCUT2D eigenvalue weighted by Gasteiger charge is 2.25. The summed E-state index contributed by atoms with van der Waals surface area (Å²) in [4.78, 5) is 29.1. The van der Waals surface area contributed by atoms with Crippen LogP contribution in [0.3, 0.4) is 0 Å². The number of rotatable bonds is 15. The predicted molar refractivity (Wildman–Crippen MR) is 206 cm³/mol. The van der Waals surface area contributed by atoms with Gasteiger partial charge in [-0.3, -0.25) is 19.8 Å². The number of anilines is 2. The fourth-order valence-corrected chi connectivity index (χ4v) is 7.70. The topological polar surface area (TPSA) is 160 Å². The number of benzene rings is 4. The number of nitrogens with zero attached hydrogens (tertiary/aromatic N) is 5. The van der Waals surface area contributed by atoms with Crippen LogP contribution in [0.1, 0.15) is 23.0 Å². The summed E-state index contributed by atoms with van der Waals surface area (Å²) >= 11 is 1.58. The summed E-state index contributed by atoms with van der Waals surface area (Å²) in [6.45, 7) is 6.70. The number of sulfonamides is 1. The Bertz CT molecular complexity index is 2150. The molecule has 1 aromatic heterocycles. The molecule has 1 aliphatic rings. The maximum absolute atomic E-state index is 13.1. The molecule has 2 N–H and O–H groups in total. The Morgan fingerprint density at radius 3 is 2.42 bits per heavy atom. The summed E-state index contributed by atoms with van der Waals surface area (Å²) in [5.41, 5.74) is 3.03. The van der Waals surface area contributed by atoms with Crippen molar-refractivity contribution in [2.45, 2.75) is 23.3 Å². The zero-order valence-electron chi connectivity index (χ0n) is 29.1. The Morgan fingerprint density at radius 2 is 1.68 bits per heavy atom. The zero-order valence-corrected chi connectivity index (χ0v) is 30.7. The van der Waals surface area contributed by atoms with Gasteiger partial charge in [0.15, 0.2) is 11.5 Å². The molecular formula is C38H39N7O6S2. The predicted octanol–water partition coefficient (Wildman–Crippen LogP) is 6.10. The van der Waals surface area contributed by atoms with Crippen LogP contribution in [0.5, 0.6) is 5.75 Å². The molecule has 1 saturated heterocycles. The summed E-state index contributed by atoms with van der Waals surface area (Å²) < 4.78 is 33.9. The van der Waals surface area contributed by atoms with Crippen LogP contribution in [0.4, 0.5) is 17.2 Å². The number of thioether (sulfide) groups is 1. The molecule has 5 aromatic rings. The van der Waals surface area contributed by atoms with Crippen molar-refractivity contribution in [1.82, 2.24) is 19.8 Å². The third kappa shape index (κ3) is 9.68. The first-order chi connectivity index (χ1) is 25.7. The van der Waals surface area contributed by atoms with Crippen molar-refractivity contribution in [3.63, 3.8) is 0 Å². The van der Waals surface area contributed by atoms with E-state index in [1.54, 1.807) is 17.8 Å². The van der Waals surface area contributed by atoms with Crippen LogP contribution < -0.4 is 19.7 Å². The smallest absolute Gasteiger partial charge is 0.293 e. The van der Waals surface area contributed by atoms with Crippen molar-refractivity contribution in [2.24, 2.45) is 0 Å². The standard InChI is InChI=1S/C38H39N7O6S2/c1-2-51-30-11-8-10-28(25-30)33-14-7-6-9-29(33)27-43-20-22-44(23-21-43)37-18-17-35(40-41-37)38(46)42-53(49,50)32-15-16-34(36(26-32)45(47)48)39-19-24-52-31-12-4-3-5-13-31/h3-18,25-26,39H,2,19-24,27H2,1H3,(H,42,46). The quantitative estimate of drug-likeness (QED) is 0.0549. The zero-order chi connectivity index (χ0) is 37.2. The van der Waals surface area contributed by atoms with Gasteiger partial charge in [-0.15, -0.1) is 22.0 Å². The maximum atomic E-state index is 13.1. The van der Waals surface area contributed by atoms with Crippen LogP contribution in [0, 0.1) is 10.1 Å². The molecule has 0 unspecified atom stereocenters. The number of nitro groups is 1. The van der Waals surface area contributed by atoms with Crippen LogP contribution in [0.25, 0.3) is 11.1 Å². The lowest BCUT2D eigenvalue weighted by atomic mass is 9.99. The normalized spacial score (nSPS) is 13.3. The van der Waals surface area contributed by atoms with E-state index >= 15 is 0 Å². The number of nitro benzene ring substituents is 1. The van der Waals surface area contributed by atoms with E-state index in [4.69, 9.17) is 4.74 Å². The van der Waals surface area contributed by atoms with E-state index in [1.165, 1.54) is 23.8 Å². The fraction of sp³-hybridized carbons (Fsp3) is 0.237. The number of carbonyl (C=O) groups excluding carboxylic acids is 1. The van der Waals surface area contributed by atoms with Gasteiger partial charge < -0.3 is 15.0 Å². The molecule has 6 rings (SSSR count). The second-order valence-corrected chi connectivity index (χ2v) is 15.0.